The van der Waals surface area contributed by atoms with Crippen LogP contribution in [-0.2, 0) is 6.54 Å². The van der Waals surface area contributed by atoms with Crippen LogP contribution < -0.4 is 5.73 Å². The minimum atomic E-state index is 0.0798. The Morgan fingerprint density at radius 3 is 2.56 bits per heavy atom. The minimum Gasteiger partial charge on any atom is -0.399 e. The lowest BCUT2D eigenvalue weighted by molar-refractivity contribution is 0.0630. The molecule has 0 saturated carbocycles. The lowest BCUT2D eigenvalue weighted by Crippen LogP contribution is -2.48. The van der Waals surface area contributed by atoms with E-state index in [1.807, 2.05) is 29.2 Å². The number of anilines is 1. The molecule has 0 atom stereocenters. The molecule has 1 aliphatic rings. The average molecular weight is 334 g/mol. The molecule has 1 aromatic heterocycles. The van der Waals surface area contributed by atoms with Crippen LogP contribution in [0.15, 0.2) is 54.7 Å². The first-order valence-corrected chi connectivity index (χ1v) is 8.63. The molecule has 5 heteroatoms. The summed E-state index contributed by atoms with van der Waals surface area (Å²) in [6.45, 7) is 4.23. The predicted molar refractivity (Wildman–Crippen MR) is 100 cm³/mol. The van der Waals surface area contributed by atoms with Gasteiger partial charge in [-0.3, -0.25) is 9.69 Å². The fourth-order valence-corrected chi connectivity index (χ4v) is 3.44. The highest BCUT2D eigenvalue weighted by Gasteiger charge is 2.24. The molecule has 4 rings (SSSR count). The monoisotopic (exact) mass is 334 g/mol. The Morgan fingerprint density at radius 1 is 1.04 bits per heavy atom. The first-order chi connectivity index (χ1) is 12.2. The number of H-pyrrole nitrogens is 1. The highest BCUT2D eigenvalue weighted by molar-refractivity contribution is 6.07. The van der Waals surface area contributed by atoms with Crippen molar-refractivity contribution in [1.29, 1.82) is 0 Å². The molecule has 0 aliphatic carbocycles. The van der Waals surface area contributed by atoms with Crippen molar-refractivity contribution in [2.75, 3.05) is 31.9 Å². The van der Waals surface area contributed by atoms with Gasteiger partial charge in [-0.25, -0.2) is 0 Å². The van der Waals surface area contributed by atoms with Crippen molar-refractivity contribution < 1.29 is 4.79 Å². The molecule has 0 spiro atoms. The molecule has 1 saturated heterocycles. The minimum absolute atomic E-state index is 0.0798. The Morgan fingerprint density at radius 2 is 1.80 bits per heavy atom. The van der Waals surface area contributed by atoms with Crippen LogP contribution in [0.4, 0.5) is 5.69 Å². The first-order valence-electron chi connectivity index (χ1n) is 8.63. The van der Waals surface area contributed by atoms with Crippen LogP contribution >= 0.6 is 0 Å². The predicted octanol–water partition coefficient (Wildman–Crippen LogP) is 2.71. The lowest BCUT2D eigenvalue weighted by Gasteiger charge is -2.34. The fraction of sp³-hybridized carbons (Fsp3) is 0.250. The standard InChI is InChI=1S/C20H22N4O/c21-16-6-7-19-17(12-16)18(13-22-19)20(25)24-10-8-23(9-11-24)14-15-4-2-1-3-5-15/h1-7,12-13,22H,8-11,14,21H2. The third-order valence-corrected chi connectivity index (χ3v) is 4.84. The van der Waals surface area contributed by atoms with Crippen molar-refractivity contribution in [3.8, 4) is 0 Å². The van der Waals surface area contributed by atoms with Crippen LogP contribution in [-0.4, -0.2) is 46.9 Å². The number of hydrogen-bond acceptors (Lipinski definition) is 3. The second kappa shape index (κ2) is 6.61. The zero-order valence-corrected chi connectivity index (χ0v) is 14.1. The van der Waals surface area contributed by atoms with E-state index in [1.165, 1.54) is 5.56 Å². The van der Waals surface area contributed by atoms with Gasteiger partial charge in [-0.05, 0) is 23.8 Å². The maximum Gasteiger partial charge on any atom is 0.256 e. The molecule has 0 radical (unpaired) electrons. The number of nitrogens with two attached hydrogens (primary N) is 1. The number of fused-ring (bicyclic) bond motifs is 1. The van der Waals surface area contributed by atoms with Crippen LogP contribution in [0.2, 0.25) is 0 Å². The van der Waals surface area contributed by atoms with E-state index in [9.17, 15) is 4.79 Å². The summed E-state index contributed by atoms with van der Waals surface area (Å²) in [5.41, 5.74) is 9.52. The smallest absolute Gasteiger partial charge is 0.256 e. The number of nitrogens with zero attached hydrogens (tertiary/aromatic N) is 2. The highest BCUT2D eigenvalue weighted by atomic mass is 16.2. The maximum atomic E-state index is 12.9. The van der Waals surface area contributed by atoms with Gasteiger partial charge in [-0.15, -0.1) is 0 Å². The summed E-state index contributed by atoms with van der Waals surface area (Å²) < 4.78 is 0. The van der Waals surface area contributed by atoms with Gasteiger partial charge in [0.05, 0.1) is 5.56 Å². The van der Waals surface area contributed by atoms with Crippen molar-refractivity contribution in [2.24, 2.45) is 0 Å². The molecule has 5 nitrogen and oxygen atoms in total. The molecule has 2 aromatic carbocycles. The molecule has 0 unspecified atom stereocenters. The number of aromatic amines is 1. The maximum absolute atomic E-state index is 12.9. The van der Waals surface area contributed by atoms with Gasteiger partial charge < -0.3 is 15.6 Å². The van der Waals surface area contributed by atoms with Crippen molar-refractivity contribution in [2.45, 2.75) is 6.54 Å². The molecule has 3 N–H and O–H groups in total. The number of benzene rings is 2. The number of hydrogen-bond donors (Lipinski definition) is 2. The summed E-state index contributed by atoms with van der Waals surface area (Å²) in [6, 6.07) is 16.1. The van der Waals surface area contributed by atoms with Crippen LogP contribution in [0, 0.1) is 0 Å². The molecule has 0 bridgehead atoms. The number of carbonyl (C=O) groups excluding carboxylic acids is 1. The van der Waals surface area contributed by atoms with Gasteiger partial charge in [-0.1, -0.05) is 30.3 Å². The quantitative estimate of drug-likeness (QED) is 0.724. The average Bonchev–Trinajstić information content (AvgIpc) is 3.05. The molecule has 128 valence electrons. The molecule has 25 heavy (non-hydrogen) atoms. The molecule has 1 aliphatic heterocycles. The number of nitrogens with one attached hydrogen (secondary N) is 1. The third kappa shape index (κ3) is 3.23. The van der Waals surface area contributed by atoms with Crippen LogP contribution in [0.3, 0.4) is 0 Å². The van der Waals surface area contributed by atoms with E-state index in [1.54, 1.807) is 6.20 Å². The van der Waals surface area contributed by atoms with Gasteiger partial charge in [0, 0.05) is 55.5 Å². The second-order valence-corrected chi connectivity index (χ2v) is 6.56. The Balaban J connectivity index is 1.43. The summed E-state index contributed by atoms with van der Waals surface area (Å²) in [6.07, 6.45) is 1.79. The first kappa shape index (κ1) is 15.7. The number of rotatable bonds is 3. The van der Waals surface area contributed by atoms with E-state index in [-0.39, 0.29) is 5.91 Å². The number of aromatic nitrogens is 1. The number of carbonyl (C=O) groups is 1. The molecular formula is C20H22N4O. The topological polar surface area (TPSA) is 65.4 Å². The number of amides is 1. The summed E-state index contributed by atoms with van der Waals surface area (Å²) in [5.74, 6) is 0.0798. The van der Waals surface area contributed by atoms with E-state index in [4.69, 9.17) is 5.73 Å². The third-order valence-electron chi connectivity index (χ3n) is 4.84. The Labute approximate surface area is 147 Å². The number of piperazine rings is 1. The van der Waals surface area contributed by atoms with Crippen molar-refractivity contribution in [3.05, 3.63) is 65.9 Å². The van der Waals surface area contributed by atoms with Crippen LogP contribution in [0.1, 0.15) is 15.9 Å². The van der Waals surface area contributed by atoms with Crippen LogP contribution in [0.25, 0.3) is 10.9 Å². The summed E-state index contributed by atoms with van der Waals surface area (Å²) >= 11 is 0. The van der Waals surface area contributed by atoms with Crippen molar-refractivity contribution in [3.63, 3.8) is 0 Å². The normalized spacial score (nSPS) is 15.6. The second-order valence-electron chi connectivity index (χ2n) is 6.56. The van der Waals surface area contributed by atoms with E-state index in [0.29, 0.717) is 11.3 Å². The van der Waals surface area contributed by atoms with E-state index in [2.05, 4.69) is 34.1 Å². The van der Waals surface area contributed by atoms with E-state index in [0.717, 1.165) is 43.6 Å². The van der Waals surface area contributed by atoms with E-state index < -0.39 is 0 Å². The molecule has 1 amide bonds. The molecule has 3 aromatic rings. The molecule has 1 fully saturated rings. The van der Waals surface area contributed by atoms with Gasteiger partial charge in [0.15, 0.2) is 0 Å². The van der Waals surface area contributed by atoms with Gasteiger partial charge in [0.25, 0.3) is 5.91 Å². The lowest BCUT2D eigenvalue weighted by atomic mass is 10.1. The van der Waals surface area contributed by atoms with Crippen LogP contribution in [0.5, 0.6) is 0 Å². The Kier molecular flexibility index (Phi) is 4.15. The van der Waals surface area contributed by atoms with Crippen molar-refractivity contribution in [1.82, 2.24) is 14.8 Å². The zero-order chi connectivity index (χ0) is 17.2. The van der Waals surface area contributed by atoms with Gasteiger partial charge in [-0.2, -0.15) is 0 Å². The number of nitrogen functional groups attached to an aromatic ring is 1. The van der Waals surface area contributed by atoms with E-state index >= 15 is 0 Å². The summed E-state index contributed by atoms with van der Waals surface area (Å²) in [7, 11) is 0. The summed E-state index contributed by atoms with van der Waals surface area (Å²) in [5, 5.41) is 0.900. The fourth-order valence-electron chi connectivity index (χ4n) is 3.44. The Hall–Kier alpha value is -2.79. The molecule has 2 heterocycles. The zero-order valence-electron chi connectivity index (χ0n) is 14.1. The highest BCUT2D eigenvalue weighted by Crippen LogP contribution is 2.23. The Bertz CT molecular complexity index is 879. The van der Waals surface area contributed by atoms with Gasteiger partial charge >= 0.3 is 0 Å². The van der Waals surface area contributed by atoms with Crippen molar-refractivity contribution >= 4 is 22.5 Å². The molecular weight excluding hydrogens is 312 g/mol. The SMILES string of the molecule is Nc1ccc2[nH]cc(C(=O)N3CCN(Cc4ccccc4)CC3)c2c1. The van der Waals surface area contributed by atoms with Gasteiger partial charge in [0.1, 0.15) is 0 Å². The largest absolute Gasteiger partial charge is 0.399 e. The van der Waals surface area contributed by atoms with Gasteiger partial charge in [0.2, 0.25) is 0 Å². The summed E-state index contributed by atoms with van der Waals surface area (Å²) in [4.78, 5) is 20.4.